The molecule has 0 fully saturated rings. The molecule has 4 N–H and O–H groups in total. The minimum Gasteiger partial charge on any atom is -0.477 e. The van der Waals surface area contributed by atoms with E-state index in [-0.39, 0.29) is 11.6 Å². The normalized spacial score (nSPS) is 10.3. The second-order valence-electron chi connectivity index (χ2n) is 5.45. The van der Waals surface area contributed by atoms with Crippen molar-refractivity contribution in [1.82, 2.24) is 19.9 Å². The molecule has 0 unspecified atom stereocenters. The molecule has 3 rings (SSSR count). The molecule has 3 aromatic rings. The SMILES string of the molecule is CCOc1cnc(C(=O)Nc2ccnc(CNc3cccnc3N)c2)cn1. The summed E-state index contributed by atoms with van der Waals surface area (Å²) in [4.78, 5) is 28.7. The average molecular weight is 365 g/mol. The number of nitrogen functional groups attached to an aromatic ring is 1. The Kier molecular flexibility index (Phi) is 5.73. The molecule has 3 aromatic heterocycles. The molecule has 0 atom stereocenters. The van der Waals surface area contributed by atoms with Gasteiger partial charge in [-0.3, -0.25) is 9.78 Å². The maximum atomic E-state index is 12.3. The van der Waals surface area contributed by atoms with E-state index < -0.39 is 0 Å². The molecule has 0 saturated heterocycles. The van der Waals surface area contributed by atoms with Crippen molar-refractivity contribution in [3.05, 3.63) is 60.4 Å². The van der Waals surface area contributed by atoms with Crippen LogP contribution in [-0.4, -0.2) is 32.4 Å². The summed E-state index contributed by atoms with van der Waals surface area (Å²) in [5, 5.41) is 5.93. The number of anilines is 3. The second kappa shape index (κ2) is 8.56. The number of nitrogens with zero attached hydrogens (tertiary/aromatic N) is 4. The Morgan fingerprint density at radius 2 is 2.04 bits per heavy atom. The number of carbonyl (C=O) groups excluding carboxylic acids is 1. The predicted octanol–water partition coefficient (Wildman–Crippen LogP) is 2.11. The number of aromatic nitrogens is 4. The fourth-order valence-electron chi connectivity index (χ4n) is 2.26. The summed E-state index contributed by atoms with van der Waals surface area (Å²) in [6, 6.07) is 7.08. The summed E-state index contributed by atoms with van der Waals surface area (Å²) < 4.78 is 5.21. The summed E-state index contributed by atoms with van der Waals surface area (Å²) in [7, 11) is 0. The lowest BCUT2D eigenvalue weighted by molar-refractivity contribution is 0.102. The first-order valence-corrected chi connectivity index (χ1v) is 8.31. The lowest BCUT2D eigenvalue weighted by Crippen LogP contribution is -2.15. The number of ether oxygens (including phenoxy) is 1. The van der Waals surface area contributed by atoms with Crippen LogP contribution in [0.5, 0.6) is 5.88 Å². The number of nitrogens with one attached hydrogen (secondary N) is 2. The largest absolute Gasteiger partial charge is 0.477 e. The van der Waals surface area contributed by atoms with Gasteiger partial charge in [0.05, 0.1) is 36.9 Å². The summed E-state index contributed by atoms with van der Waals surface area (Å²) >= 11 is 0. The Morgan fingerprint density at radius 3 is 2.78 bits per heavy atom. The Morgan fingerprint density at radius 1 is 1.15 bits per heavy atom. The highest BCUT2D eigenvalue weighted by Crippen LogP contribution is 2.16. The highest BCUT2D eigenvalue weighted by molar-refractivity contribution is 6.02. The van der Waals surface area contributed by atoms with Crippen LogP contribution in [-0.2, 0) is 6.54 Å². The molecule has 138 valence electrons. The Hall–Kier alpha value is -3.75. The standard InChI is InChI=1S/C18H19N7O2/c1-2-27-16-11-23-15(10-24-16)18(26)25-12-5-7-20-13(8-12)9-22-14-4-3-6-21-17(14)19/h3-8,10-11,22H,2,9H2,1H3,(H2,19,21)(H,20,25,26). The lowest BCUT2D eigenvalue weighted by Gasteiger charge is -2.09. The molecule has 0 radical (unpaired) electrons. The van der Waals surface area contributed by atoms with Crippen molar-refractivity contribution in [3.8, 4) is 5.88 Å². The van der Waals surface area contributed by atoms with E-state index >= 15 is 0 Å². The van der Waals surface area contributed by atoms with Gasteiger partial charge in [0, 0.05) is 18.1 Å². The molecule has 0 saturated carbocycles. The lowest BCUT2D eigenvalue weighted by atomic mass is 10.3. The quantitative estimate of drug-likeness (QED) is 0.581. The van der Waals surface area contributed by atoms with Gasteiger partial charge < -0.3 is 21.1 Å². The molecule has 27 heavy (non-hydrogen) atoms. The maximum Gasteiger partial charge on any atom is 0.275 e. The third-order valence-corrected chi connectivity index (χ3v) is 3.53. The topological polar surface area (TPSA) is 128 Å². The zero-order chi connectivity index (χ0) is 19.1. The van der Waals surface area contributed by atoms with Gasteiger partial charge in [-0.25, -0.2) is 15.0 Å². The minimum absolute atomic E-state index is 0.193. The number of amides is 1. The van der Waals surface area contributed by atoms with Crippen LogP contribution < -0.4 is 21.1 Å². The van der Waals surface area contributed by atoms with Crippen molar-refractivity contribution < 1.29 is 9.53 Å². The highest BCUT2D eigenvalue weighted by Gasteiger charge is 2.10. The van der Waals surface area contributed by atoms with Gasteiger partial charge in [-0.15, -0.1) is 0 Å². The van der Waals surface area contributed by atoms with Crippen molar-refractivity contribution in [2.24, 2.45) is 0 Å². The average Bonchev–Trinajstić information content (AvgIpc) is 2.68. The Balaban J connectivity index is 1.63. The van der Waals surface area contributed by atoms with E-state index in [1.54, 1.807) is 30.6 Å². The molecular formula is C18H19N7O2. The van der Waals surface area contributed by atoms with Gasteiger partial charge in [-0.2, -0.15) is 0 Å². The first kappa shape index (κ1) is 18.1. The zero-order valence-corrected chi connectivity index (χ0v) is 14.7. The minimum atomic E-state index is -0.368. The summed E-state index contributed by atoms with van der Waals surface area (Å²) in [6.45, 7) is 2.77. The van der Waals surface area contributed by atoms with Crippen LogP contribution >= 0.6 is 0 Å². The van der Waals surface area contributed by atoms with E-state index in [0.29, 0.717) is 30.5 Å². The van der Waals surface area contributed by atoms with Gasteiger partial charge >= 0.3 is 0 Å². The van der Waals surface area contributed by atoms with Gasteiger partial charge in [0.2, 0.25) is 5.88 Å². The fourth-order valence-corrected chi connectivity index (χ4v) is 2.26. The second-order valence-corrected chi connectivity index (χ2v) is 5.45. The van der Waals surface area contributed by atoms with E-state index in [0.717, 1.165) is 11.4 Å². The van der Waals surface area contributed by atoms with Crippen LogP contribution in [0.3, 0.4) is 0 Å². The number of rotatable bonds is 7. The van der Waals surface area contributed by atoms with Crippen LogP contribution in [0.4, 0.5) is 17.2 Å². The van der Waals surface area contributed by atoms with Gasteiger partial charge in [-0.05, 0) is 31.2 Å². The number of pyridine rings is 2. The van der Waals surface area contributed by atoms with E-state index in [1.165, 1.54) is 12.4 Å². The van der Waals surface area contributed by atoms with Crippen LogP contribution in [0, 0.1) is 0 Å². The third-order valence-electron chi connectivity index (χ3n) is 3.53. The third kappa shape index (κ3) is 4.88. The molecule has 0 spiro atoms. The van der Waals surface area contributed by atoms with Crippen molar-refractivity contribution in [1.29, 1.82) is 0 Å². The van der Waals surface area contributed by atoms with E-state index in [1.807, 2.05) is 13.0 Å². The molecule has 9 heteroatoms. The molecule has 0 aliphatic heterocycles. The van der Waals surface area contributed by atoms with Gasteiger partial charge in [-0.1, -0.05) is 0 Å². The Labute approximate surface area is 156 Å². The van der Waals surface area contributed by atoms with Crippen molar-refractivity contribution in [2.45, 2.75) is 13.5 Å². The summed E-state index contributed by atoms with van der Waals surface area (Å²) in [5.74, 6) is 0.421. The number of nitrogens with two attached hydrogens (primary N) is 1. The highest BCUT2D eigenvalue weighted by atomic mass is 16.5. The molecule has 3 heterocycles. The van der Waals surface area contributed by atoms with E-state index in [2.05, 4.69) is 30.6 Å². The molecule has 0 aromatic carbocycles. The zero-order valence-electron chi connectivity index (χ0n) is 14.7. The maximum absolute atomic E-state index is 12.3. The van der Waals surface area contributed by atoms with Gasteiger partial charge in [0.25, 0.3) is 5.91 Å². The molecular weight excluding hydrogens is 346 g/mol. The first-order chi connectivity index (χ1) is 13.2. The van der Waals surface area contributed by atoms with Crippen LogP contribution in [0.25, 0.3) is 0 Å². The van der Waals surface area contributed by atoms with Gasteiger partial charge in [0.15, 0.2) is 0 Å². The van der Waals surface area contributed by atoms with E-state index in [4.69, 9.17) is 10.5 Å². The molecule has 0 aliphatic rings. The van der Waals surface area contributed by atoms with Crippen LogP contribution in [0.1, 0.15) is 23.1 Å². The monoisotopic (exact) mass is 365 g/mol. The molecule has 9 nitrogen and oxygen atoms in total. The smallest absolute Gasteiger partial charge is 0.275 e. The molecule has 0 aliphatic carbocycles. The number of carbonyl (C=O) groups is 1. The number of hydrogen-bond donors (Lipinski definition) is 3. The summed E-state index contributed by atoms with van der Waals surface area (Å²) in [6.07, 6.45) is 6.02. The van der Waals surface area contributed by atoms with E-state index in [9.17, 15) is 4.79 Å². The van der Waals surface area contributed by atoms with Crippen LogP contribution in [0.2, 0.25) is 0 Å². The van der Waals surface area contributed by atoms with Crippen LogP contribution in [0.15, 0.2) is 49.1 Å². The number of hydrogen-bond acceptors (Lipinski definition) is 8. The Bertz CT molecular complexity index is 916. The fraction of sp³-hybridized carbons (Fsp3) is 0.167. The predicted molar refractivity (Wildman–Crippen MR) is 101 cm³/mol. The first-order valence-electron chi connectivity index (χ1n) is 8.31. The molecule has 1 amide bonds. The molecule has 0 bridgehead atoms. The van der Waals surface area contributed by atoms with Crippen molar-refractivity contribution in [3.63, 3.8) is 0 Å². The van der Waals surface area contributed by atoms with Crippen molar-refractivity contribution in [2.75, 3.05) is 23.0 Å². The van der Waals surface area contributed by atoms with Crippen molar-refractivity contribution >= 4 is 23.1 Å². The van der Waals surface area contributed by atoms with Gasteiger partial charge in [0.1, 0.15) is 11.5 Å². The summed E-state index contributed by atoms with van der Waals surface area (Å²) in [5.41, 5.74) is 8.04.